The predicted octanol–water partition coefficient (Wildman–Crippen LogP) is 4.78. The van der Waals surface area contributed by atoms with E-state index in [9.17, 15) is 9.59 Å². The Bertz CT molecular complexity index is 1290. The number of nitrogens with zero attached hydrogens (tertiary/aromatic N) is 1. The Morgan fingerprint density at radius 1 is 1.21 bits per heavy atom. The Kier molecular flexibility index (Phi) is 7.71. The number of methoxy groups -OCH3 is 1. The van der Waals surface area contributed by atoms with Crippen molar-refractivity contribution < 1.29 is 14.3 Å². The van der Waals surface area contributed by atoms with Crippen molar-refractivity contribution in [1.82, 2.24) is 14.9 Å². The topological polar surface area (TPSA) is 85.3 Å². The van der Waals surface area contributed by atoms with Gasteiger partial charge in [-0.1, -0.05) is 26.0 Å². The second-order valence-corrected chi connectivity index (χ2v) is 8.59. The Morgan fingerprint density at radius 3 is 2.64 bits per heavy atom. The molecular formula is C25H29N3O4S. The fraction of sp³-hybridized carbons (Fsp3) is 0.320. The van der Waals surface area contributed by atoms with E-state index in [-0.39, 0.29) is 22.3 Å². The molecule has 0 aliphatic heterocycles. The number of fused-ring (bicyclic) bond motifs is 1. The molecule has 1 atom stereocenters. The van der Waals surface area contributed by atoms with E-state index < -0.39 is 0 Å². The number of amides is 1. The minimum absolute atomic E-state index is 0.221. The minimum Gasteiger partial charge on any atom is -0.493 e. The van der Waals surface area contributed by atoms with Crippen LogP contribution in [-0.4, -0.2) is 29.2 Å². The highest BCUT2D eigenvalue weighted by atomic mass is 32.1. The van der Waals surface area contributed by atoms with Crippen LogP contribution in [0.1, 0.15) is 42.7 Å². The van der Waals surface area contributed by atoms with Crippen LogP contribution in [0.3, 0.4) is 0 Å². The van der Waals surface area contributed by atoms with Gasteiger partial charge in [0.05, 0.1) is 30.7 Å². The van der Waals surface area contributed by atoms with Crippen LogP contribution in [0.2, 0.25) is 0 Å². The number of hydrogen-bond donors (Lipinski definition) is 2. The highest BCUT2D eigenvalue weighted by Gasteiger charge is 2.16. The van der Waals surface area contributed by atoms with Crippen LogP contribution in [0, 0.1) is 10.7 Å². The molecule has 2 aromatic carbocycles. The first-order valence-electron chi connectivity index (χ1n) is 10.7. The molecular weight excluding hydrogens is 438 g/mol. The molecule has 2 N–H and O–H groups in total. The van der Waals surface area contributed by atoms with Crippen LogP contribution in [0.5, 0.6) is 11.5 Å². The maximum atomic E-state index is 12.9. The molecule has 0 bridgehead atoms. The molecule has 3 aromatic rings. The lowest BCUT2D eigenvalue weighted by Crippen LogP contribution is -2.27. The second kappa shape index (κ2) is 10.5. The van der Waals surface area contributed by atoms with E-state index in [2.05, 4.69) is 30.7 Å². The third-order valence-electron chi connectivity index (χ3n) is 5.16. The van der Waals surface area contributed by atoms with E-state index in [1.807, 2.05) is 25.1 Å². The van der Waals surface area contributed by atoms with Crippen LogP contribution in [0.4, 0.5) is 0 Å². The van der Waals surface area contributed by atoms with E-state index >= 15 is 0 Å². The van der Waals surface area contributed by atoms with Gasteiger partial charge in [-0.05, 0) is 61.0 Å². The molecule has 1 aromatic heterocycles. The summed E-state index contributed by atoms with van der Waals surface area (Å²) in [6, 6.07) is 10.2. The van der Waals surface area contributed by atoms with Gasteiger partial charge in [-0.25, -0.2) is 0 Å². The number of benzene rings is 2. The lowest BCUT2D eigenvalue weighted by molar-refractivity contribution is 0.0940. The molecule has 0 aliphatic rings. The number of allylic oxidation sites excluding steroid dienone is 1. The fourth-order valence-electron chi connectivity index (χ4n) is 3.38. The number of hydrogen-bond acceptors (Lipinski definition) is 5. The zero-order chi connectivity index (χ0) is 24.1. The Labute approximate surface area is 198 Å². The summed E-state index contributed by atoms with van der Waals surface area (Å²) in [5.41, 5.74) is 1.59. The molecule has 1 amide bonds. The maximum absolute atomic E-state index is 12.9. The molecule has 33 heavy (non-hydrogen) atoms. The molecule has 0 aliphatic carbocycles. The first-order chi connectivity index (χ1) is 15.7. The lowest BCUT2D eigenvalue weighted by Gasteiger charge is -2.18. The molecule has 0 fully saturated rings. The summed E-state index contributed by atoms with van der Waals surface area (Å²) in [5, 5.41) is 3.44. The molecule has 0 spiro atoms. The van der Waals surface area contributed by atoms with E-state index in [1.165, 1.54) is 4.57 Å². The molecule has 174 valence electrons. The van der Waals surface area contributed by atoms with Crippen molar-refractivity contribution in [3.8, 4) is 11.5 Å². The largest absolute Gasteiger partial charge is 0.493 e. The molecule has 0 saturated carbocycles. The Morgan fingerprint density at radius 2 is 1.97 bits per heavy atom. The quantitative estimate of drug-likeness (QED) is 0.349. The number of ether oxygens (including phenoxy) is 2. The summed E-state index contributed by atoms with van der Waals surface area (Å²) in [6.45, 7) is 10.6. The zero-order valence-corrected chi connectivity index (χ0v) is 20.1. The van der Waals surface area contributed by atoms with E-state index in [0.717, 1.165) is 5.56 Å². The predicted molar refractivity (Wildman–Crippen MR) is 133 cm³/mol. The SMILES string of the molecule is C=CCn1c(=S)[nH]c2cc(C(=O)NC(C)c3ccc(OCC(C)C)c(OC)c3)ccc2c1=O. The van der Waals surface area contributed by atoms with Gasteiger partial charge < -0.3 is 19.8 Å². The first kappa shape index (κ1) is 24.3. The van der Waals surface area contributed by atoms with E-state index in [4.69, 9.17) is 21.7 Å². The molecule has 1 unspecified atom stereocenters. The standard InChI is InChI=1S/C25H29N3O4S/c1-6-11-28-24(30)19-9-7-18(12-20(19)27-25(28)33)23(29)26-16(4)17-8-10-21(22(13-17)31-5)32-14-15(2)3/h6-10,12-13,15-16H,1,11,14H2,2-5H3,(H,26,29)(H,27,33). The highest BCUT2D eigenvalue weighted by Crippen LogP contribution is 2.30. The van der Waals surface area contributed by atoms with Crippen LogP contribution < -0.4 is 20.3 Å². The molecule has 0 saturated heterocycles. The monoisotopic (exact) mass is 467 g/mol. The normalized spacial score (nSPS) is 11.9. The third-order valence-corrected chi connectivity index (χ3v) is 5.49. The smallest absolute Gasteiger partial charge is 0.262 e. The van der Waals surface area contributed by atoms with Crippen molar-refractivity contribution in [2.75, 3.05) is 13.7 Å². The first-order valence-corrected chi connectivity index (χ1v) is 11.1. The molecule has 0 radical (unpaired) electrons. The van der Waals surface area contributed by atoms with Crippen molar-refractivity contribution in [1.29, 1.82) is 0 Å². The number of carbonyl (C=O) groups is 1. The molecule has 7 nitrogen and oxygen atoms in total. The third kappa shape index (κ3) is 5.51. The average Bonchev–Trinajstić information content (AvgIpc) is 2.79. The van der Waals surface area contributed by atoms with Crippen molar-refractivity contribution in [3.05, 3.63) is 75.3 Å². The molecule has 8 heteroatoms. The van der Waals surface area contributed by atoms with E-state index in [0.29, 0.717) is 47.0 Å². The average molecular weight is 468 g/mol. The van der Waals surface area contributed by atoms with Gasteiger partial charge in [0.25, 0.3) is 11.5 Å². The van der Waals surface area contributed by atoms with Crippen LogP contribution in [0.25, 0.3) is 10.9 Å². The Hall–Kier alpha value is -3.39. The van der Waals surface area contributed by atoms with E-state index in [1.54, 1.807) is 31.4 Å². The number of H-pyrrole nitrogens is 1. The number of nitrogens with one attached hydrogen (secondary N) is 2. The number of aromatic amines is 1. The van der Waals surface area contributed by atoms with Crippen LogP contribution >= 0.6 is 12.2 Å². The summed E-state index contributed by atoms with van der Waals surface area (Å²) < 4.78 is 13.0. The van der Waals surface area contributed by atoms with Crippen molar-refractivity contribution in [2.45, 2.75) is 33.4 Å². The number of carbonyl (C=O) groups excluding carboxylic acids is 1. The van der Waals surface area contributed by atoms with Crippen LogP contribution in [-0.2, 0) is 6.54 Å². The van der Waals surface area contributed by atoms with Crippen molar-refractivity contribution >= 4 is 29.0 Å². The fourth-order valence-corrected chi connectivity index (χ4v) is 3.65. The highest BCUT2D eigenvalue weighted by molar-refractivity contribution is 7.71. The van der Waals surface area contributed by atoms with Gasteiger partial charge in [0.1, 0.15) is 0 Å². The van der Waals surface area contributed by atoms with Crippen molar-refractivity contribution in [3.63, 3.8) is 0 Å². The van der Waals surface area contributed by atoms with Gasteiger partial charge in [-0.15, -0.1) is 6.58 Å². The van der Waals surface area contributed by atoms with Gasteiger partial charge in [0, 0.05) is 12.1 Å². The lowest BCUT2D eigenvalue weighted by atomic mass is 10.1. The number of rotatable bonds is 9. The number of aromatic nitrogens is 2. The summed E-state index contributed by atoms with van der Waals surface area (Å²) in [5.74, 6) is 1.41. The summed E-state index contributed by atoms with van der Waals surface area (Å²) in [6.07, 6.45) is 1.61. The van der Waals surface area contributed by atoms with Gasteiger partial charge in [-0.2, -0.15) is 0 Å². The summed E-state index contributed by atoms with van der Waals surface area (Å²) in [7, 11) is 1.59. The zero-order valence-electron chi connectivity index (χ0n) is 19.3. The van der Waals surface area contributed by atoms with Gasteiger partial charge in [0.2, 0.25) is 0 Å². The summed E-state index contributed by atoms with van der Waals surface area (Å²) >= 11 is 5.28. The molecule has 3 rings (SSSR count). The maximum Gasteiger partial charge on any atom is 0.262 e. The van der Waals surface area contributed by atoms with Crippen LogP contribution in [0.15, 0.2) is 53.8 Å². The Balaban J connectivity index is 1.82. The van der Waals surface area contributed by atoms with Gasteiger partial charge in [0.15, 0.2) is 16.3 Å². The van der Waals surface area contributed by atoms with Gasteiger partial charge >= 0.3 is 0 Å². The summed E-state index contributed by atoms with van der Waals surface area (Å²) in [4.78, 5) is 28.6. The molecule has 1 heterocycles. The van der Waals surface area contributed by atoms with Crippen molar-refractivity contribution in [2.24, 2.45) is 5.92 Å². The minimum atomic E-state index is -0.277. The second-order valence-electron chi connectivity index (χ2n) is 8.21. The van der Waals surface area contributed by atoms with Gasteiger partial charge in [-0.3, -0.25) is 14.2 Å².